The predicted octanol–water partition coefficient (Wildman–Crippen LogP) is 1.73. The van der Waals surface area contributed by atoms with Crippen LogP contribution in [-0.4, -0.2) is 21.1 Å². The van der Waals surface area contributed by atoms with Gasteiger partial charge in [0.15, 0.2) is 11.4 Å². The van der Waals surface area contributed by atoms with Crippen LogP contribution in [0.15, 0.2) is 33.0 Å². The van der Waals surface area contributed by atoms with Crippen molar-refractivity contribution in [2.24, 2.45) is 7.05 Å². The van der Waals surface area contributed by atoms with Gasteiger partial charge in [-0.25, -0.2) is 9.89 Å². The highest BCUT2D eigenvalue weighted by Crippen LogP contribution is 2.30. The minimum Gasteiger partial charge on any atom is -0.298 e. The van der Waals surface area contributed by atoms with E-state index in [9.17, 15) is 9.59 Å². The average Bonchev–Trinajstić information content (AvgIpc) is 2.61. The number of H-pyrrole nitrogens is 1. The number of hydrogen-bond donors (Lipinski definition) is 1. The summed E-state index contributed by atoms with van der Waals surface area (Å²) in [6, 6.07) is 5.13. The summed E-state index contributed by atoms with van der Waals surface area (Å²) < 4.78 is 1.36. The molecule has 0 spiro atoms. The van der Waals surface area contributed by atoms with Crippen LogP contribution in [0.2, 0.25) is 5.02 Å². The molecule has 88 valence electrons. The van der Waals surface area contributed by atoms with Crippen molar-refractivity contribution in [2.75, 3.05) is 0 Å². The minimum atomic E-state index is -0.304. The molecule has 1 N–H and O–H groups in total. The molecule has 1 aromatic heterocycles. The number of aromatic nitrogens is 3. The van der Waals surface area contributed by atoms with Crippen LogP contribution in [-0.2, 0) is 7.05 Å². The molecule has 17 heavy (non-hydrogen) atoms. The molecule has 0 saturated carbocycles. The average molecular weight is 270 g/mol. The van der Waals surface area contributed by atoms with Gasteiger partial charge in [0.25, 0.3) is 0 Å². The Morgan fingerprint density at radius 2 is 2.29 bits per heavy atom. The molecule has 1 aromatic carbocycles. The van der Waals surface area contributed by atoms with E-state index in [2.05, 4.69) is 10.2 Å². The lowest BCUT2D eigenvalue weighted by molar-refractivity contribution is 0.112. The molecule has 2 aromatic rings. The number of nitrogens with zero attached hydrogens (tertiary/aromatic N) is 2. The molecule has 0 aliphatic rings. The molecule has 0 saturated heterocycles. The molecular formula is C10H8ClN3O2S. The van der Waals surface area contributed by atoms with Crippen LogP contribution in [0.1, 0.15) is 10.4 Å². The van der Waals surface area contributed by atoms with E-state index in [-0.39, 0.29) is 5.69 Å². The number of aldehydes is 1. The van der Waals surface area contributed by atoms with Gasteiger partial charge in [-0.2, -0.15) is 0 Å². The van der Waals surface area contributed by atoms with Crippen molar-refractivity contribution in [2.45, 2.75) is 10.1 Å². The summed E-state index contributed by atoms with van der Waals surface area (Å²) in [5.41, 5.74) is 0.0943. The molecule has 0 unspecified atom stereocenters. The van der Waals surface area contributed by atoms with Gasteiger partial charge in [0.05, 0.1) is 5.02 Å². The lowest BCUT2D eigenvalue weighted by atomic mass is 10.2. The second-order valence-corrected chi connectivity index (χ2v) is 4.66. The molecule has 1 heterocycles. The van der Waals surface area contributed by atoms with Crippen molar-refractivity contribution in [3.05, 3.63) is 39.3 Å². The van der Waals surface area contributed by atoms with Crippen molar-refractivity contribution in [1.82, 2.24) is 14.8 Å². The summed E-state index contributed by atoms with van der Waals surface area (Å²) in [5, 5.41) is 7.02. The number of benzene rings is 1. The summed E-state index contributed by atoms with van der Waals surface area (Å²) in [6.45, 7) is 0. The van der Waals surface area contributed by atoms with Crippen LogP contribution in [0.25, 0.3) is 0 Å². The fraction of sp³-hybridized carbons (Fsp3) is 0.100. The lowest BCUT2D eigenvalue weighted by Crippen LogP contribution is -2.12. The van der Waals surface area contributed by atoms with Crippen LogP contribution in [0.4, 0.5) is 0 Å². The quantitative estimate of drug-likeness (QED) is 0.862. The van der Waals surface area contributed by atoms with Gasteiger partial charge >= 0.3 is 5.69 Å². The van der Waals surface area contributed by atoms with Crippen LogP contribution in [0.3, 0.4) is 0 Å². The molecule has 7 heteroatoms. The first kappa shape index (κ1) is 11.9. The third kappa shape index (κ3) is 2.27. The van der Waals surface area contributed by atoms with E-state index < -0.39 is 0 Å². The topological polar surface area (TPSA) is 67.8 Å². The number of carbonyl (C=O) groups excluding carboxylic acids is 1. The maximum absolute atomic E-state index is 11.2. The number of rotatable bonds is 3. The van der Waals surface area contributed by atoms with Gasteiger partial charge in [0.1, 0.15) is 0 Å². The van der Waals surface area contributed by atoms with E-state index in [1.807, 2.05) is 0 Å². The number of carbonyl (C=O) groups is 1. The Kier molecular flexibility index (Phi) is 3.35. The van der Waals surface area contributed by atoms with E-state index >= 15 is 0 Å². The molecule has 0 fully saturated rings. The van der Waals surface area contributed by atoms with Gasteiger partial charge in [-0.05, 0) is 23.9 Å². The Morgan fingerprint density at radius 3 is 2.88 bits per heavy atom. The summed E-state index contributed by atoms with van der Waals surface area (Å²) >= 11 is 7.10. The van der Waals surface area contributed by atoms with E-state index in [0.717, 1.165) is 0 Å². The van der Waals surface area contributed by atoms with Gasteiger partial charge in [-0.15, -0.1) is 5.10 Å². The minimum absolute atomic E-state index is 0.304. The molecule has 0 radical (unpaired) electrons. The van der Waals surface area contributed by atoms with Crippen molar-refractivity contribution in [3.63, 3.8) is 0 Å². The molecular weight excluding hydrogens is 262 g/mol. The third-order valence-electron chi connectivity index (χ3n) is 2.17. The van der Waals surface area contributed by atoms with Crippen molar-refractivity contribution < 1.29 is 4.79 Å². The van der Waals surface area contributed by atoms with E-state index in [4.69, 9.17) is 11.6 Å². The summed E-state index contributed by atoms with van der Waals surface area (Å²) in [7, 11) is 1.60. The van der Waals surface area contributed by atoms with E-state index in [1.54, 1.807) is 25.2 Å². The molecule has 5 nitrogen and oxygen atoms in total. The van der Waals surface area contributed by atoms with E-state index in [0.29, 0.717) is 26.9 Å². The summed E-state index contributed by atoms with van der Waals surface area (Å²) in [5.74, 6) is 0. The normalized spacial score (nSPS) is 10.5. The highest BCUT2D eigenvalue weighted by molar-refractivity contribution is 7.99. The zero-order chi connectivity index (χ0) is 12.4. The smallest absolute Gasteiger partial charge is 0.298 e. The van der Waals surface area contributed by atoms with Gasteiger partial charge in [-0.1, -0.05) is 17.7 Å². The maximum atomic E-state index is 11.2. The standard InChI is InChI=1S/C10H8ClN3O2S/c1-14-9(16)12-13-10(14)17-8-4-2-3-7(11)6(8)5-15/h2-5H,1H3,(H,12,16). The Morgan fingerprint density at radius 1 is 1.53 bits per heavy atom. The molecule has 0 amide bonds. The third-order valence-corrected chi connectivity index (χ3v) is 3.62. The molecule has 2 rings (SSSR count). The molecule has 0 bridgehead atoms. The Hall–Kier alpha value is -1.53. The zero-order valence-electron chi connectivity index (χ0n) is 8.81. The van der Waals surface area contributed by atoms with Crippen LogP contribution < -0.4 is 5.69 Å². The number of halogens is 1. The first-order chi connectivity index (χ1) is 8.13. The van der Waals surface area contributed by atoms with Crippen LogP contribution in [0, 0.1) is 0 Å². The van der Waals surface area contributed by atoms with Gasteiger partial charge in [0, 0.05) is 17.5 Å². The Balaban J connectivity index is 2.43. The van der Waals surface area contributed by atoms with Gasteiger partial charge in [0.2, 0.25) is 0 Å². The zero-order valence-corrected chi connectivity index (χ0v) is 10.4. The molecule has 0 aliphatic heterocycles. The largest absolute Gasteiger partial charge is 0.343 e. The van der Waals surface area contributed by atoms with Crippen molar-refractivity contribution in [3.8, 4) is 0 Å². The fourth-order valence-corrected chi connectivity index (χ4v) is 2.44. The highest BCUT2D eigenvalue weighted by atomic mass is 35.5. The number of aromatic amines is 1. The van der Waals surface area contributed by atoms with Crippen molar-refractivity contribution in [1.29, 1.82) is 0 Å². The highest BCUT2D eigenvalue weighted by Gasteiger charge is 2.11. The summed E-state index contributed by atoms with van der Waals surface area (Å²) in [4.78, 5) is 22.8. The fourth-order valence-electron chi connectivity index (χ4n) is 1.24. The first-order valence-electron chi connectivity index (χ1n) is 4.66. The maximum Gasteiger partial charge on any atom is 0.343 e. The predicted molar refractivity (Wildman–Crippen MR) is 64.8 cm³/mol. The van der Waals surface area contributed by atoms with Crippen LogP contribution in [0.5, 0.6) is 0 Å². The molecule has 0 aliphatic carbocycles. The molecule has 0 atom stereocenters. The monoisotopic (exact) mass is 269 g/mol. The van der Waals surface area contributed by atoms with Crippen LogP contribution >= 0.6 is 23.4 Å². The SMILES string of the molecule is Cn1c(Sc2cccc(Cl)c2C=O)n[nH]c1=O. The second-order valence-electron chi connectivity index (χ2n) is 3.24. The number of hydrogen-bond acceptors (Lipinski definition) is 4. The summed E-state index contributed by atoms with van der Waals surface area (Å²) in [6.07, 6.45) is 0.690. The van der Waals surface area contributed by atoms with Gasteiger partial charge in [-0.3, -0.25) is 9.36 Å². The Labute approximate surface area is 106 Å². The first-order valence-corrected chi connectivity index (χ1v) is 5.86. The second kappa shape index (κ2) is 4.77. The lowest BCUT2D eigenvalue weighted by Gasteiger charge is -2.04. The number of nitrogens with one attached hydrogen (secondary N) is 1. The Bertz CT molecular complexity index is 620. The van der Waals surface area contributed by atoms with Gasteiger partial charge < -0.3 is 0 Å². The van der Waals surface area contributed by atoms with Crippen molar-refractivity contribution >= 4 is 29.6 Å². The van der Waals surface area contributed by atoms with E-state index in [1.165, 1.54) is 16.3 Å².